The standard InChI is InChI=1S/C23H28ClN7O2S/c1-30(2)34(32,33)21-6-4-3-5-20(21)28-22-19(24)15-26-23(29-22)27-18-9-7-17(8-10-18)16-31-13-11-25-12-14-31/h3-10,15,25H,11-14,16H2,1-2H3,(H2,26,27,28,29). The highest BCUT2D eigenvalue weighted by atomic mass is 35.5. The van der Waals surface area contributed by atoms with E-state index in [4.69, 9.17) is 11.6 Å². The van der Waals surface area contributed by atoms with E-state index in [0.29, 0.717) is 17.5 Å². The molecule has 4 rings (SSSR count). The van der Waals surface area contributed by atoms with Crippen molar-refractivity contribution in [2.24, 2.45) is 0 Å². The zero-order chi connectivity index (χ0) is 24.1. The van der Waals surface area contributed by atoms with Crippen LogP contribution in [0.3, 0.4) is 0 Å². The lowest BCUT2D eigenvalue weighted by Gasteiger charge is -2.27. The molecule has 0 saturated carbocycles. The quantitative estimate of drug-likeness (QED) is 0.432. The van der Waals surface area contributed by atoms with E-state index in [1.807, 2.05) is 12.1 Å². The number of anilines is 4. The molecule has 1 saturated heterocycles. The van der Waals surface area contributed by atoms with E-state index >= 15 is 0 Å². The molecule has 34 heavy (non-hydrogen) atoms. The maximum atomic E-state index is 12.7. The van der Waals surface area contributed by atoms with Crippen molar-refractivity contribution in [1.82, 2.24) is 24.5 Å². The number of sulfonamides is 1. The summed E-state index contributed by atoms with van der Waals surface area (Å²) in [5.41, 5.74) is 2.46. The molecule has 1 aliphatic heterocycles. The van der Waals surface area contributed by atoms with Gasteiger partial charge in [0.1, 0.15) is 9.92 Å². The van der Waals surface area contributed by atoms with E-state index in [1.165, 1.54) is 31.9 Å². The van der Waals surface area contributed by atoms with Gasteiger partial charge in [0, 0.05) is 52.5 Å². The van der Waals surface area contributed by atoms with Crippen LogP contribution >= 0.6 is 11.6 Å². The number of nitrogens with zero attached hydrogens (tertiary/aromatic N) is 4. The predicted octanol–water partition coefficient (Wildman–Crippen LogP) is 3.27. The number of para-hydroxylation sites is 1. The van der Waals surface area contributed by atoms with Gasteiger partial charge in [0.15, 0.2) is 5.82 Å². The molecule has 180 valence electrons. The molecule has 1 aromatic heterocycles. The number of piperazine rings is 1. The van der Waals surface area contributed by atoms with Crippen molar-refractivity contribution in [2.75, 3.05) is 50.9 Å². The molecule has 0 aliphatic carbocycles. The summed E-state index contributed by atoms with van der Waals surface area (Å²) in [5.74, 6) is 0.644. The predicted molar refractivity (Wildman–Crippen MR) is 136 cm³/mol. The van der Waals surface area contributed by atoms with Crippen molar-refractivity contribution in [1.29, 1.82) is 0 Å². The molecule has 9 nitrogen and oxygen atoms in total. The molecule has 3 aromatic rings. The summed E-state index contributed by atoms with van der Waals surface area (Å²) in [6, 6.07) is 14.8. The summed E-state index contributed by atoms with van der Waals surface area (Å²) >= 11 is 6.31. The van der Waals surface area contributed by atoms with Gasteiger partial charge in [-0.05, 0) is 29.8 Å². The topological polar surface area (TPSA) is 102 Å². The Morgan fingerprint density at radius 1 is 1.06 bits per heavy atom. The van der Waals surface area contributed by atoms with Crippen LogP contribution in [-0.4, -0.2) is 67.9 Å². The summed E-state index contributed by atoms with van der Waals surface area (Å²) in [5, 5.41) is 9.86. The lowest BCUT2D eigenvalue weighted by atomic mass is 10.2. The van der Waals surface area contributed by atoms with Crippen LogP contribution in [0.1, 0.15) is 5.56 Å². The highest BCUT2D eigenvalue weighted by molar-refractivity contribution is 7.89. The summed E-state index contributed by atoms with van der Waals surface area (Å²) in [6.45, 7) is 5.06. The molecule has 0 radical (unpaired) electrons. The third-order valence-electron chi connectivity index (χ3n) is 5.47. The molecular weight excluding hydrogens is 474 g/mol. The van der Waals surface area contributed by atoms with Crippen LogP contribution in [0.15, 0.2) is 59.6 Å². The van der Waals surface area contributed by atoms with Crippen molar-refractivity contribution in [3.8, 4) is 0 Å². The smallest absolute Gasteiger partial charge is 0.244 e. The van der Waals surface area contributed by atoms with Gasteiger partial charge in [-0.1, -0.05) is 35.9 Å². The Kier molecular flexibility index (Phi) is 7.64. The van der Waals surface area contributed by atoms with E-state index < -0.39 is 10.0 Å². The molecule has 2 heterocycles. The van der Waals surface area contributed by atoms with Gasteiger partial charge in [-0.15, -0.1) is 0 Å². The normalized spacial score (nSPS) is 14.8. The number of hydrogen-bond donors (Lipinski definition) is 3. The van der Waals surface area contributed by atoms with Crippen LogP contribution in [0.25, 0.3) is 0 Å². The number of halogens is 1. The second-order valence-corrected chi connectivity index (χ2v) is 10.7. The fraction of sp³-hybridized carbons (Fsp3) is 0.304. The Bertz CT molecular complexity index is 1230. The molecule has 11 heteroatoms. The first-order valence-electron chi connectivity index (χ1n) is 10.9. The molecular formula is C23H28ClN7O2S. The van der Waals surface area contributed by atoms with Crippen LogP contribution < -0.4 is 16.0 Å². The molecule has 3 N–H and O–H groups in total. The number of rotatable bonds is 8. The van der Waals surface area contributed by atoms with Gasteiger partial charge in [0.25, 0.3) is 0 Å². The number of benzene rings is 2. The minimum Gasteiger partial charge on any atom is -0.338 e. The molecule has 2 aromatic carbocycles. The fourth-order valence-electron chi connectivity index (χ4n) is 3.58. The number of hydrogen-bond acceptors (Lipinski definition) is 8. The maximum absolute atomic E-state index is 12.7. The van der Waals surface area contributed by atoms with Crippen LogP contribution in [0.4, 0.5) is 23.1 Å². The van der Waals surface area contributed by atoms with Crippen molar-refractivity contribution in [2.45, 2.75) is 11.4 Å². The maximum Gasteiger partial charge on any atom is 0.244 e. The number of aromatic nitrogens is 2. The van der Waals surface area contributed by atoms with Gasteiger partial charge in [0.05, 0.1) is 11.9 Å². The minimum atomic E-state index is -3.65. The largest absolute Gasteiger partial charge is 0.338 e. The van der Waals surface area contributed by atoms with Crippen LogP contribution in [-0.2, 0) is 16.6 Å². The average molecular weight is 502 g/mol. The minimum absolute atomic E-state index is 0.129. The Morgan fingerprint density at radius 2 is 1.76 bits per heavy atom. The summed E-state index contributed by atoms with van der Waals surface area (Å²) < 4.78 is 26.5. The van der Waals surface area contributed by atoms with Crippen LogP contribution in [0.5, 0.6) is 0 Å². The lowest BCUT2D eigenvalue weighted by molar-refractivity contribution is 0.233. The SMILES string of the molecule is CN(C)S(=O)(=O)c1ccccc1Nc1nc(Nc2ccc(CN3CCNCC3)cc2)ncc1Cl. The molecule has 0 spiro atoms. The van der Waals surface area contributed by atoms with Gasteiger partial charge in [0.2, 0.25) is 16.0 Å². The summed E-state index contributed by atoms with van der Waals surface area (Å²) in [6.07, 6.45) is 1.47. The number of nitrogens with one attached hydrogen (secondary N) is 3. The van der Waals surface area contributed by atoms with E-state index in [0.717, 1.165) is 42.7 Å². The Balaban J connectivity index is 1.49. The molecule has 0 amide bonds. The van der Waals surface area contributed by atoms with E-state index in [1.54, 1.807) is 18.2 Å². The molecule has 1 fully saturated rings. The average Bonchev–Trinajstić information content (AvgIpc) is 2.83. The zero-order valence-electron chi connectivity index (χ0n) is 19.1. The van der Waals surface area contributed by atoms with Crippen LogP contribution in [0.2, 0.25) is 5.02 Å². The first kappa shape index (κ1) is 24.4. The van der Waals surface area contributed by atoms with Crippen molar-refractivity contribution >= 4 is 44.8 Å². The fourth-order valence-corrected chi connectivity index (χ4v) is 4.76. The highest BCUT2D eigenvalue weighted by Gasteiger charge is 2.21. The van der Waals surface area contributed by atoms with Crippen molar-refractivity contribution in [3.05, 3.63) is 65.3 Å². The highest BCUT2D eigenvalue weighted by Crippen LogP contribution is 2.29. The van der Waals surface area contributed by atoms with Gasteiger partial charge in [-0.25, -0.2) is 17.7 Å². The van der Waals surface area contributed by atoms with Crippen LogP contribution in [0, 0.1) is 0 Å². The molecule has 1 aliphatic rings. The Hall–Kier alpha value is -2.76. The Labute approximate surface area is 205 Å². The third-order valence-corrected chi connectivity index (χ3v) is 7.62. The van der Waals surface area contributed by atoms with Gasteiger partial charge in [-0.3, -0.25) is 4.90 Å². The van der Waals surface area contributed by atoms with Crippen molar-refractivity contribution in [3.63, 3.8) is 0 Å². The zero-order valence-corrected chi connectivity index (χ0v) is 20.7. The van der Waals surface area contributed by atoms with E-state index in [9.17, 15) is 8.42 Å². The summed E-state index contributed by atoms with van der Waals surface area (Å²) in [4.78, 5) is 11.3. The van der Waals surface area contributed by atoms with E-state index in [2.05, 4.69) is 43.0 Å². The van der Waals surface area contributed by atoms with Gasteiger partial charge < -0.3 is 16.0 Å². The molecule has 0 unspecified atom stereocenters. The van der Waals surface area contributed by atoms with Crippen molar-refractivity contribution < 1.29 is 8.42 Å². The first-order valence-corrected chi connectivity index (χ1v) is 12.7. The van der Waals surface area contributed by atoms with Gasteiger partial charge in [-0.2, -0.15) is 4.98 Å². The van der Waals surface area contributed by atoms with Gasteiger partial charge >= 0.3 is 0 Å². The monoisotopic (exact) mass is 501 g/mol. The summed E-state index contributed by atoms with van der Waals surface area (Å²) in [7, 11) is -0.678. The molecule has 0 bridgehead atoms. The lowest BCUT2D eigenvalue weighted by Crippen LogP contribution is -2.42. The third kappa shape index (κ3) is 5.83. The Morgan fingerprint density at radius 3 is 2.47 bits per heavy atom. The van der Waals surface area contributed by atoms with E-state index in [-0.39, 0.29) is 9.92 Å². The second kappa shape index (κ2) is 10.7. The first-order chi connectivity index (χ1) is 16.3. The molecule has 0 atom stereocenters. The second-order valence-electron chi connectivity index (χ2n) is 8.15.